The Morgan fingerprint density at radius 2 is 1.64 bits per heavy atom. The fraction of sp³-hybridized carbons (Fsp3) is 0.400. The van der Waals surface area contributed by atoms with Gasteiger partial charge in [-0.3, -0.25) is 4.79 Å². The van der Waals surface area contributed by atoms with Crippen LogP contribution in [0.2, 0.25) is 0 Å². The molecule has 33 heavy (non-hydrogen) atoms. The topological polar surface area (TPSA) is 95.9 Å². The van der Waals surface area contributed by atoms with Gasteiger partial charge in [0.25, 0.3) is 0 Å². The number of ether oxygens (including phenoxy) is 1. The summed E-state index contributed by atoms with van der Waals surface area (Å²) < 4.78 is 5.57. The summed E-state index contributed by atoms with van der Waals surface area (Å²) >= 11 is 1.54. The monoisotopic (exact) mass is 470 g/mol. The number of carbonyl (C=O) groups is 3. The van der Waals surface area contributed by atoms with Gasteiger partial charge in [0.05, 0.1) is 0 Å². The first-order valence-corrected chi connectivity index (χ1v) is 12.2. The van der Waals surface area contributed by atoms with E-state index >= 15 is 0 Å². The van der Waals surface area contributed by atoms with Crippen molar-refractivity contribution >= 4 is 29.7 Å². The predicted octanol–water partition coefficient (Wildman–Crippen LogP) is 3.97. The summed E-state index contributed by atoms with van der Waals surface area (Å²) in [4.78, 5) is 38.4. The first-order valence-electron chi connectivity index (χ1n) is 10.8. The molecule has 1 aliphatic carbocycles. The van der Waals surface area contributed by atoms with Crippen molar-refractivity contribution in [3.63, 3.8) is 0 Å². The van der Waals surface area contributed by atoms with Crippen molar-refractivity contribution in [3.8, 4) is 11.1 Å². The lowest BCUT2D eigenvalue weighted by atomic mass is 9.98. The van der Waals surface area contributed by atoms with Crippen LogP contribution in [0.25, 0.3) is 11.1 Å². The highest BCUT2D eigenvalue weighted by atomic mass is 32.2. The Hall–Kier alpha value is -3.00. The number of carboxylic acids is 1. The smallest absolute Gasteiger partial charge is 0.407 e. The Balaban J connectivity index is 1.70. The van der Waals surface area contributed by atoms with Crippen molar-refractivity contribution in [1.82, 2.24) is 10.2 Å². The normalized spacial score (nSPS) is 13.6. The van der Waals surface area contributed by atoms with Gasteiger partial charge in [-0.2, -0.15) is 11.8 Å². The first-order chi connectivity index (χ1) is 15.7. The van der Waals surface area contributed by atoms with Gasteiger partial charge in [0.15, 0.2) is 0 Å². The number of likely N-dealkylation sites (N-methyl/N-ethyl adjacent to an activating group) is 1. The first kappa shape index (κ1) is 24.6. The number of fused-ring (bicyclic) bond motifs is 3. The zero-order valence-electron chi connectivity index (χ0n) is 19.3. The number of rotatable bonds is 9. The van der Waals surface area contributed by atoms with Crippen LogP contribution in [0.1, 0.15) is 37.3 Å². The summed E-state index contributed by atoms with van der Waals surface area (Å²) in [5, 5.41) is 12.1. The molecule has 2 aromatic rings. The minimum Gasteiger partial charge on any atom is -0.480 e. The lowest BCUT2D eigenvalue weighted by Gasteiger charge is -2.34. The van der Waals surface area contributed by atoms with Crippen LogP contribution in [-0.4, -0.2) is 65.2 Å². The second-order valence-corrected chi connectivity index (χ2v) is 9.55. The maximum atomic E-state index is 13.0. The Morgan fingerprint density at radius 1 is 1.09 bits per heavy atom. The van der Waals surface area contributed by atoms with Gasteiger partial charge < -0.3 is 20.1 Å². The third kappa shape index (κ3) is 5.16. The number of nitrogens with one attached hydrogen (secondary N) is 1. The van der Waals surface area contributed by atoms with Crippen LogP contribution in [0.3, 0.4) is 0 Å². The molecule has 176 valence electrons. The summed E-state index contributed by atoms with van der Waals surface area (Å²) in [6.07, 6.45) is 1.57. The van der Waals surface area contributed by atoms with Crippen molar-refractivity contribution in [2.45, 2.75) is 37.8 Å². The van der Waals surface area contributed by atoms with E-state index in [0.717, 1.165) is 27.2 Å². The minimum absolute atomic E-state index is 0.0860. The molecule has 1 atom stereocenters. The molecule has 0 aliphatic heterocycles. The predicted molar refractivity (Wildman–Crippen MR) is 129 cm³/mol. The number of carbonyl (C=O) groups excluding carboxylic acids is 2. The van der Waals surface area contributed by atoms with E-state index in [1.54, 1.807) is 0 Å². The lowest BCUT2D eigenvalue weighted by Crippen LogP contribution is -2.57. The van der Waals surface area contributed by atoms with E-state index in [4.69, 9.17) is 4.74 Å². The largest absolute Gasteiger partial charge is 0.480 e. The molecule has 0 aromatic heterocycles. The molecule has 0 spiro atoms. The van der Waals surface area contributed by atoms with Gasteiger partial charge >= 0.3 is 12.1 Å². The fourth-order valence-electron chi connectivity index (χ4n) is 3.93. The lowest BCUT2D eigenvalue weighted by molar-refractivity contribution is -0.156. The molecule has 2 amide bonds. The summed E-state index contributed by atoms with van der Waals surface area (Å²) in [5.74, 6) is -1.05. The molecule has 2 aromatic carbocycles. The molecular weight excluding hydrogens is 440 g/mol. The van der Waals surface area contributed by atoms with Crippen LogP contribution in [0.4, 0.5) is 4.79 Å². The Morgan fingerprint density at radius 3 is 2.15 bits per heavy atom. The average Bonchev–Trinajstić information content (AvgIpc) is 3.13. The van der Waals surface area contributed by atoms with Crippen LogP contribution in [0.15, 0.2) is 48.5 Å². The van der Waals surface area contributed by atoms with Gasteiger partial charge in [0, 0.05) is 13.0 Å². The summed E-state index contributed by atoms with van der Waals surface area (Å²) in [6.45, 7) is 3.04. The number of benzene rings is 2. The summed E-state index contributed by atoms with van der Waals surface area (Å²) in [7, 11) is 1.43. The van der Waals surface area contributed by atoms with Crippen LogP contribution in [0, 0.1) is 0 Å². The number of carboxylic acid groups (broad SMARTS) is 1. The van der Waals surface area contributed by atoms with Crippen molar-refractivity contribution in [2.24, 2.45) is 0 Å². The molecule has 2 N–H and O–H groups in total. The number of hydrogen-bond donors (Lipinski definition) is 2. The van der Waals surface area contributed by atoms with E-state index in [2.05, 4.69) is 17.4 Å². The van der Waals surface area contributed by atoms with Gasteiger partial charge in [-0.25, -0.2) is 9.59 Å². The SMILES string of the molecule is CSCC[C@@H](NC(=O)OCC1c2ccccc2-c2ccccc21)C(=O)N(C)C(C)(C)C(=O)O. The summed E-state index contributed by atoms with van der Waals surface area (Å²) in [6, 6.07) is 15.2. The molecule has 0 bridgehead atoms. The molecule has 0 saturated heterocycles. The Kier molecular flexibility index (Phi) is 7.68. The number of amides is 2. The van der Waals surface area contributed by atoms with E-state index in [-0.39, 0.29) is 12.5 Å². The number of hydrogen-bond acceptors (Lipinski definition) is 5. The van der Waals surface area contributed by atoms with E-state index in [0.29, 0.717) is 12.2 Å². The number of alkyl carbamates (subject to hydrolysis) is 1. The summed E-state index contributed by atoms with van der Waals surface area (Å²) in [5.41, 5.74) is 3.06. The van der Waals surface area contributed by atoms with Crippen LogP contribution >= 0.6 is 11.8 Å². The van der Waals surface area contributed by atoms with Crippen molar-refractivity contribution in [1.29, 1.82) is 0 Å². The zero-order chi connectivity index (χ0) is 24.2. The van der Waals surface area contributed by atoms with Gasteiger partial charge in [0.1, 0.15) is 18.2 Å². The standard InChI is InChI=1S/C25H30N2O5S/c1-25(2,23(29)30)27(3)22(28)21(13-14-33-4)26-24(31)32-15-20-18-11-7-5-9-16(18)17-10-6-8-12-19(17)20/h5-12,20-21H,13-15H2,1-4H3,(H,26,31)(H,29,30)/t21-/m1/s1. The molecule has 1 aliphatic rings. The molecule has 3 rings (SSSR count). The molecule has 0 fully saturated rings. The van der Waals surface area contributed by atoms with E-state index in [1.165, 1.54) is 32.7 Å². The highest BCUT2D eigenvalue weighted by molar-refractivity contribution is 7.98. The van der Waals surface area contributed by atoms with Crippen LogP contribution in [0.5, 0.6) is 0 Å². The van der Waals surface area contributed by atoms with Gasteiger partial charge in [-0.15, -0.1) is 0 Å². The molecule has 0 radical (unpaired) electrons. The molecule has 8 heteroatoms. The second-order valence-electron chi connectivity index (χ2n) is 8.57. The van der Waals surface area contributed by atoms with Gasteiger partial charge in [-0.05, 0) is 54.5 Å². The van der Waals surface area contributed by atoms with Crippen molar-refractivity contribution in [2.75, 3.05) is 25.7 Å². The Bertz CT molecular complexity index is 993. The third-order valence-corrected chi connectivity index (χ3v) is 6.88. The molecule has 7 nitrogen and oxygen atoms in total. The van der Waals surface area contributed by atoms with Crippen molar-refractivity contribution in [3.05, 3.63) is 59.7 Å². The highest BCUT2D eigenvalue weighted by Crippen LogP contribution is 2.44. The zero-order valence-corrected chi connectivity index (χ0v) is 20.1. The van der Waals surface area contributed by atoms with Crippen molar-refractivity contribution < 1.29 is 24.2 Å². The van der Waals surface area contributed by atoms with E-state index < -0.39 is 29.6 Å². The quantitative estimate of drug-likeness (QED) is 0.576. The fourth-order valence-corrected chi connectivity index (χ4v) is 4.40. The average molecular weight is 471 g/mol. The minimum atomic E-state index is -1.41. The second kappa shape index (κ2) is 10.3. The Labute approximate surface area is 198 Å². The number of aliphatic carboxylic acids is 1. The van der Waals surface area contributed by atoms with Crippen LogP contribution in [-0.2, 0) is 14.3 Å². The number of nitrogens with zero attached hydrogens (tertiary/aromatic N) is 1. The number of thioether (sulfide) groups is 1. The van der Waals surface area contributed by atoms with Gasteiger partial charge in [0.2, 0.25) is 5.91 Å². The molecule has 0 unspecified atom stereocenters. The highest BCUT2D eigenvalue weighted by Gasteiger charge is 2.38. The molecular formula is C25H30N2O5S. The third-order valence-electron chi connectivity index (χ3n) is 6.24. The maximum absolute atomic E-state index is 13.0. The maximum Gasteiger partial charge on any atom is 0.407 e. The molecule has 0 heterocycles. The van der Waals surface area contributed by atoms with E-state index in [1.807, 2.05) is 42.7 Å². The van der Waals surface area contributed by atoms with Crippen LogP contribution < -0.4 is 5.32 Å². The van der Waals surface area contributed by atoms with Gasteiger partial charge in [-0.1, -0.05) is 48.5 Å². The van der Waals surface area contributed by atoms with E-state index in [9.17, 15) is 19.5 Å². The molecule has 0 saturated carbocycles.